The van der Waals surface area contributed by atoms with Crippen molar-refractivity contribution in [2.24, 2.45) is 0 Å². The lowest BCUT2D eigenvalue weighted by molar-refractivity contribution is -0.121. The Morgan fingerprint density at radius 1 is 1.26 bits per heavy atom. The Morgan fingerprint density at radius 2 is 1.95 bits per heavy atom. The molecule has 0 bridgehead atoms. The molecule has 19 heavy (non-hydrogen) atoms. The fraction of sp³-hybridized carbons (Fsp3) is 0.500. The molecule has 1 atom stereocenters. The Balaban J connectivity index is 2.23. The second kappa shape index (κ2) is 9.26. The molecule has 1 aromatic rings. The van der Waals surface area contributed by atoms with Gasteiger partial charge in [0, 0.05) is 28.1 Å². The zero-order valence-corrected chi connectivity index (χ0v) is 13.6. The molecule has 5 heteroatoms. The smallest absolute Gasteiger partial charge is 0.220 e. The van der Waals surface area contributed by atoms with Crippen LogP contribution in [0.25, 0.3) is 0 Å². The highest BCUT2D eigenvalue weighted by Crippen LogP contribution is 2.14. The van der Waals surface area contributed by atoms with Gasteiger partial charge in [-0.3, -0.25) is 9.00 Å². The van der Waals surface area contributed by atoms with Crippen LogP contribution in [0.4, 0.5) is 0 Å². The molecule has 0 saturated heterocycles. The second-order valence-corrected chi connectivity index (χ2v) is 6.80. The van der Waals surface area contributed by atoms with E-state index < -0.39 is 10.8 Å². The summed E-state index contributed by atoms with van der Waals surface area (Å²) in [4.78, 5) is 12.3. The lowest BCUT2D eigenvalue weighted by atomic mass is 10.3. The molecule has 1 N–H and O–H groups in total. The quantitative estimate of drug-likeness (QED) is 0.735. The second-order valence-electron chi connectivity index (χ2n) is 4.31. The summed E-state index contributed by atoms with van der Waals surface area (Å²) in [6, 6.07) is 7.46. The van der Waals surface area contributed by atoms with E-state index in [9.17, 15) is 9.00 Å². The number of carbonyl (C=O) groups excluding carboxylic acids is 1. The van der Waals surface area contributed by atoms with Gasteiger partial charge in [-0.15, -0.1) is 0 Å². The van der Waals surface area contributed by atoms with Crippen molar-refractivity contribution in [3.63, 3.8) is 0 Å². The van der Waals surface area contributed by atoms with Gasteiger partial charge in [0.05, 0.1) is 10.8 Å². The Labute approximate surface area is 125 Å². The van der Waals surface area contributed by atoms with Crippen LogP contribution in [-0.2, 0) is 15.6 Å². The first-order valence-corrected chi connectivity index (χ1v) is 8.65. The molecule has 0 aliphatic rings. The number of amides is 1. The van der Waals surface area contributed by atoms with Crippen LogP contribution in [0.3, 0.4) is 0 Å². The van der Waals surface area contributed by atoms with Crippen LogP contribution in [0.5, 0.6) is 0 Å². The van der Waals surface area contributed by atoms with Gasteiger partial charge in [-0.1, -0.05) is 29.3 Å². The number of unbranched alkanes of at least 4 members (excludes halogenated alkanes) is 1. The first-order valence-electron chi connectivity index (χ1n) is 6.54. The molecule has 0 fully saturated rings. The SMILES string of the molecule is CCCCNC(=O)CCCS(=O)c1ccc(Br)cc1. The average molecular weight is 346 g/mol. The molecule has 1 rings (SSSR count). The van der Waals surface area contributed by atoms with Gasteiger partial charge < -0.3 is 5.32 Å². The standard InChI is InChI=1S/C14H20BrNO2S/c1-2-3-10-16-14(17)5-4-11-19(18)13-8-6-12(15)7-9-13/h6-9H,2-5,10-11H2,1H3,(H,16,17). The van der Waals surface area contributed by atoms with Gasteiger partial charge in [0.1, 0.15) is 0 Å². The van der Waals surface area contributed by atoms with Crippen molar-refractivity contribution in [2.45, 2.75) is 37.5 Å². The van der Waals surface area contributed by atoms with Gasteiger partial charge in [-0.25, -0.2) is 0 Å². The van der Waals surface area contributed by atoms with E-state index >= 15 is 0 Å². The Morgan fingerprint density at radius 3 is 2.58 bits per heavy atom. The molecule has 0 aliphatic heterocycles. The molecule has 0 aromatic heterocycles. The van der Waals surface area contributed by atoms with Crippen LogP contribution in [-0.4, -0.2) is 22.4 Å². The van der Waals surface area contributed by atoms with E-state index in [1.54, 1.807) is 0 Å². The maximum Gasteiger partial charge on any atom is 0.220 e. The summed E-state index contributed by atoms with van der Waals surface area (Å²) >= 11 is 3.34. The molecule has 0 radical (unpaired) electrons. The normalized spacial score (nSPS) is 12.1. The topological polar surface area (TPSA) is 46.2 Å². The van der Waals surface area contributed by atoms with Crippen LogP contribution in [0.15, 0.2) is 33.6 Å². The van der Waals surface area contributed by atoms with Crippen LogP contribution in [0.2, 0.25) is 0 Å². The van der Waals surface area contributed by atoms with Gasteiger partial charge in [-0.2, -0.15) is 0 Å². The van der Waals surface area contributed by atoms with E-state index in [0.717, 1.165) is 28.8 Å². The molecule has 1 amide bonds. The van der Waals surface area contributed by atoms with Crippen molar-refractivity contribution in [1.29, 1.82) is 0 Å². The highest BCUT2D eigenvalue weighted by molar-refractivity contribution is 9.10. The molecule has 1 unspecified atom stereocenters. The first-order chi connectivity index (χ1) is 9.13. The zero-order valence-electron chi connectivity index (χ0n) is 11.2. The van der Waals surface area contributed by atoms with E-state index in [-0.39, 0.29) is 5.91 Å². The van der Waals surface area contributed by atoms with E-state index in [2.05, 4.69) is 28.2 Å². The zero-order chi connectivity index (χ0) is 14.1. The number of hydrogen-bond acceptors (Lipinski definition) is 2. The molecule has 1 aromatic carbocycles. The summed E-state index contributed by atoms with van der Waals surface area (Å²) in [7, 11) is -1.02. The summed E-state index contributed by atoms with van der Waals surface area (Å²) in [6.07, 6.45) is 3.19. The fourth-order valence-electron chi connectivity index (χ4n) is 1.56. The minimum atomic E-state index is -1.02. The molecule has 0 saturated carbocycles. The van der Waals surface area contributed by atoms with Gasteiger partial charge in [0.25, 0.3) is 0 Å². The lowest BCUT2D eigenvalue weighted by Gasteiger charge is -2.04. The number of rotatable bonds is 8. The largest absolute Gasteiger partial charge is 0.356 e. The van der Waals surface area contributed by atoms with Crippen LogP contribution in [0.1, 0.15) is 32.6 Å². The van der Waals surface area contributed by atoms with E-state index in [1.165, 1.54) is 0 Å². The maximum absolute atomic E-state index is 12.0. The van der Waals surface area contributed by atoms with Gasteiger partial charge in [0.15, 0.2) is 0 Å². The first kappa shape index (κ1) is 16.4. The predicted molar refractivity (Wildman–Crippen MR) is 82.6 cm³/mol. The predicted octanol–water partition coefficient (Wildman–Crippen LogP) is 3.25. The van der Waals surface area contributed by atoms with Crippen LogP contribution in [0, 0.1) is 0 Å². The van der Waals surface area contributed by atoms with Crippen molar-refractivity contribution in [1.82, 2.24) is 5.32 Å². The molecule has 0 spiro atoms. The van der Waals surface area contributed by atoms with Crippen molar-refractivity contribution < 1.29 is 9.00 Å². The summed E-state index contributed by atoms with van der Waals surface area (Å²) in [5.74, 6) is 0.587. The van der Waals surface area contributed by atoms with Gasteiger partial charge in [-0.05, 0) is 37.1 Å². The minimum absolute atomic E-state index is 0.0567. The van der Waals surface area contributed by atoms with Crippen molar-refractivity contribution in [2.75, 3.05) is 12.3 Å². The summed E-state index contributed by atoms with van der Waals surface area (Å²) in [5, 5.41) is 2.86. The average Bonchev–Trinajstić information content (AvgIpc) is 2.39. The Hall–Kier alpha value is -0.680. The van der Waals surface area contributed by atoms with E-state index in [4.69, 9.17) is 0 Å². The monoisotopic (exact) mass is 345 g/mol. The highest BCUT2D eigenvalue weighted by Gasteiger charge is 2.06. The van der Waals surface area contributed by atoms with E-state index in [1.807, 2.05) is 24.3 Å². The number of hydrogen-bond donors (Lipinski definition) is 1. The number of carbonyl (C=O) groups is 1. The Kier molecular flexibility index (Phi) is 7.98. The van der Waals surface area contributed by atoms with Crippen molar-refractivity contribution >= 4 is 32.6 Å². The lowest BCUT2D eigenvalue weighted by Crippen LogP contribution is -2.24. The van der Waals surface area contributed by atoms with E-state index in [0.29, 0.717) is 18.6 Å². The van der Waals surface area contributed by atoms with Gasteiger partial charge >= 0.3 is 0 Å². The van der Waals surface area contributed by atoms with Gasteiger partial charge in [0.2, 0.25) is 5.91 Å². The fourth-order valence-corrected chi connectivity index (χ4v) is 2.91. The molecule has 0 aliphatic carbocycles. The third-order valence-electron chi connectivity index (χ3n) is 2.66. The van der Waals surface area contributed by atoms with Crippen LogP contribution < -0.4 is 5.32 Å². The number of benzene rings is 1. The minimum Gasteiger partial charge on any atom is -0.356 e. The molecule has 3 nitrogen and oxygen atoms in total. The molecule has 106 valence electrons. The third-order valence-corrected chi connectivity index (χ3v) is 4.65. The van der Waals surface area contributed by atoms with Crippen LogP contribution >= 0.6 is 15.9 Å². The summed E-state index contributed by atoms with van der Waals surface area (Å²) in [6.45, 7) is 2.83. The third kappa shape index (κ3) is 6.87. The van der Waals surface area contributed by atoms with Crippen molar-refractivity contribution in [3.8, 4) is 0 Å². The maximum atomic E-state index is 12.0. The molecular formula is C14H20BrNO2S. The summed E-state index contributed by atoms with van der Waals surface area (Å²) < 4.78 is 12.9. The number of halogens is 1. The molecule has 0 heterocycles. The molecular weight excluding hydrogens is 326 g/mol. The number of nitrogens with one attached hydrogen (secondary N) is 1. The summed E-state index contributed by atoms with van der Waals surface area (Å²) in [5.41, 5.74) is 0. The van der Waals surface area contributed by atoms with Crippen molar-refractivity contribution in [3.05, 3.63) is 28.7 Å². The highest BCUT2D eigenvalue weighted by atomic mass is 79.9. The Bertz CT molecular complexity index is 420.